The average Bonchev–Trinajstić information content (AvgIpc) is 2.29. The van der Waals surface area contributed by atoms with Gasteiger partial charge in [0.25, 0.3) is 0 Å². The van der Waals surface area contributed by atoms with E-state index < -0.39 is 17.4 Å². The van der Waals surface area contributed by atoms with Gasteiger partial charge in [0.15, 0.2) is 5.41 Å². The van der Waals surface area contributed by atoms with Crippen LogP contribution in [0.1, 0.15) is 52.9 Å². The van der Waals surface area contributed by atoms with Gasteiger partial charge in [-0.2, -0.15) is 0 Å². The van der Waals surface area contributed by atoms with Gasteiger partial charge in [0, 0.05) is 0 Å². The molecule has 18 heavy (non-hydrogen) atoms. The highest BCUT2D eigenvalue weighted by Crippen LogP contribution is 2.41. The lowest BCUT2D eigenvalue weighted by Crippen LogP contribution is -2.44. The van der Waals surface area contributed by atoms with Crippen LogP contribution in [-0.2, 0) is 19.1 Å². The maximum absolute atomic E-state index is 12.2. The molecule has 0 saturated heterocycles. The van der Waals surface area contributed by atoms with Crippen molar-refractivity contribution >= 4 is 11.9 Å². The molecule has 1 saturated carbocycles. The topological polar surface area (TPSA) is 52.6 Å². The van der Waals surface area contributed by atoms with E-state index in [1.165, 1.54) is 6.42 Å². The molecule has 0 aromatic rings. The Morgan fingerprint density at radius 2 is 1.56 bits per heavy atom. The molecule has 0 radical (unpaired) electrons. The summed E-state index contributed by atoms with van der Waals surface area (Å²) in [6.07, 6.45) is 4.40. The van der Waals surface area contributed by atoms with Gasteiger partial charge in [-0.25, -0.2) is 0 Å². The van der Waals surface area contributed by atoms with Gasteiger partial charge in [-0.1, -0.05) is 26.2 Å². The summed E-state index contributed by atoms with van der Waals surface area (Å²) in [5, 5.41) is 0. The first-order valence-corrected chi connectivity index (χ1v) is 6.95. The van der Waals surface area contributed by atoms with Crippen LogP contribution in [0.2, 0.25) is 0 Å². The van der Waals surface area contributed by atoms with E-state index in [-0.39, 0.29) is 0 Å². The molecule has 4 heteroatoms. The molecule has 1 fully saturated rings. The van der Waals surface area contributed by atoms with E-state index in [0.717, 1.165) is 12.8 Å². The third-order valence-electron chi connectivity index (χ3n) is 3.80. The summed E-state index contributed by atoms with van der Waals surface area (Å²) < 4.78 is 10.2. The van der Waals surface area contributed by atoms with Crippen LogP contribution in [0.4, 0.5) is 0 Å². The molecule has 0 heterocycles. The molecule has 0 amide bonds. The van der Waals surface area contributed by atoms with Crippen LogP contribution in [0.25, 0.3) is 0 Å². The second-order valence-corrected chi connectivity index (χ2v) is 4.88. The summed E-state index contributed by atoms with van der Waals surface area (Å²) in [4.78, 5) is 24.3. The van der Waals surface area contributed by atoms with Crippen molar-refractivity contribution in [1.29, 1.82) is 0 Å². The van der Waals surface area contributed by atoms with Crippen LogP contribution >= 0.6 is 0 Å². The minimum Gasteiger partial charge on any atom is -0.465 e. The monoisotopic (exact) mass is 256 g/mol. The second kappa shape index (κ2) is 6.76. The fraction of sp³-hybridized carbons (Fsp3) is 0.857. The third kappa shape index (κ3) is 3.03. The maximum atomic E-state index is 12.2. The quantitative estimate of drug-likeness (QED) is 0.519. The number of hydrogen-bond donors (Lipinski definition) is 0. The van der Waals surface area contributed by atoms with Gasteiger partial charge in [0.1, 0.15) is 0 Å². The molecule has 1 aliphatic rings. The normalized spacial score (nSPS) is 15.9. The van der Waals surface area contributed by atoms with Gasteiger partial charge in [0.05, 0.1) is 13.2 Å². The standard InChI is InChI=1S/C14H24O4/c1-4-14(12(15)17-5-2,13(16)18-6-3)10-11-8-7-9-11/h11H,4-10H2,1-3H3. The van der Waals surface area contributed by atoms with Crippen LogP contribution < -0.4 is 0 Å². The SMILES string of the molecule is CCOC(=O)C(CC)(CC1CCC1)C(=O)OCC. The third-order valence-corrected chi connectivity index (χ3v) is 3.80. The van der Waals surface area contributed by atoms with E-state index >= 15 is 0 Å². The van der Waals surface area contributed by atoms with Crippen molar-refractivity contribution in [3.8, 4) is 0 Å². The predicted molar refractivity (Wildman–Crippen MR) is 67.9 cm³/mol. The predicted octanol–water partition coefficient (Wildman–Crippen LogP) is 2.70. The Bertz CT molecular complexity index is 276. The molecular formula is C14H24O4. The lowest BCUT2D eigenvalue weighted by molar-refractivity contribution is -0.174. The molecule has 0 atom stereocenters. The van der Waals surface area contributed by atoms with Crippen molar-refractivity contribution in [2.24, 2.45) is 11.3 Å². The van der Waals surface area contributed by atoms with Crippen molar-refractivity contribution in [1.82, 2.24) is 0 Å². The van der Waals surface area contributed by atoms with E-state index in [2.05, 4.69) is 0 Å². The number of carbonyl (C=O) groups is 2. The van der Waals surface area contributed by atoms with Gasteiger partial charge in [-0.15, -0.1) is 0 Å². The van der Waals surface area contributed by atoms with E-state index in [9.17, 15) is 9.59 Å². The fourth-order valence-electron chi connectivity index (χ4n) is 2.41. The molecule has 0 spiro atoms. The average molecular weight is 256 g/mol. The largest absolute Gasteiger partial charge is 0.465 e. The minimum absolute atomic E-state index is 0.296. The zero-order valence-corrected chi connectivity index (χ0v) is 11.7. The minimum atomic E-state index is -1.09. The molecule has 1 rings (SSSR count). The molecule has 0 bridgehead atoms. The summed E-state index contributed by atoms with van der Waals surface area (Å²) >= 11 is 0. The van der Waals surface area contributed by atoms with Crippen molar-refractivity contribution in [3.05, 3.63) is 0 Å². The summed E-state index contributed by atoms with van der Waals surface area (Å²) in [5.41, 5.74) is -1.09. The fourth-order valence-corrected chi connectivity index (χ4v) is 2.41. The first kappa shape index (κ1) is 15.0. The lowest BCUT2D eigenvalue weighted by atomic mass is 9.70. The van der Waals surface area contributed by atoms with Crippen LogP contribution in [0.15, 0.2) is 0 Å². The van der Waals surface area contributed by atoms with Crippen molar-refractivity contribution in [2.75, 3.05) is 13.2 Å². The molecule has 0 aromatic heterocycles. The van der Waals surface area contributed by atoms with Crippen LogP contribution in [0.3, 0.4) is 0 Å². The number of carbonyl (C=O) groups excluding carboxylic acids is 2. The summed E-state index contributed by atoms with van der Waals surface area (Å²) in [6.45, 7) is 5.96. The van der Waals surface area contributed by atoms with E-state index in [1.807, 2.05) is 6.92 Å². The first-order valence-electron chi connectivity index (χ1n) is 6.95. The van der Waals surface area contributed by atoms with Gasteiger partial charge in [0.2, 0.25) is 0 Å². The Labute approximate surface area is 109 Å². The molecule has 0 aromatic carbocycles. The van der Waals surface area contributed by atoms with Crippen molar-refractivity contribution < 1.29 is 19.1 Å². The number of ether oxygens (including phenoxy) is 2. The van der Waals surface area contributed by atoms with Crippen LogP contribution in [-0.4, -0.2) is 25.2 Å². The lowest BCUT2D eigenvalue weighted by Gasteiger charge is -2.35. The summed E-state index contributed by atoms with van der Waals surface area (Å²) in [7, 11) is 0. The Morgan fingerprint density at radius 3 is 1.83 bits per heavy atom. The van der Waals surface area contributed by atoms with Gasteiger partial charge < -0.3 is 9.47 Å². The number of hydrogen-bond acceptors (Lipinski definition) is 4. The van der Waals surface area contributed by atoms with Crippen molar-refractivity contribution in [2.45, 2.75) is 52.9 Å². The van der Waals surface area contributed by atoms with E-state index in [0.29, 0.717) is 32.0 Å². The molecular weight excluding hydrogens is 232 g/mol. The first-order chi connectivity index (χ1) is 8.60. The summed E-state index contributed by atoms with van der Waals surface area (Å²) in [5.74, 6) is -0.380. The maximum Gasteiger partial charge on any atom is 0.323 e. The Kier molecular flexibility index (Phi) is 5.63. The molecule has 4 nitrogen and oxygen atoms in total. The van der Waals surface area contributed by atoms with Crippen LogP contribution in [0, 0.1) is 11.3 Å². The van der Waals surface area contributed by atoms with Gasteiger partial charge >= 0.3 is 11.9 Å². The Morgan fingerprint density at radius 1 is 1.06 bits per heavy atom. The smallest absolute Gasteiger partial charge is 0.323 e. The highest BCUT2D eigenvalue weighted by Gasteiger charge is 2.49. The molecule has 104 valence electrons. The number of esters is 2. The zero-order valence-electron chi connectivity index (χ0n) is 11.7. The van der Waals surface area contributed by atoms with Gasteiger partial charge in [-0.05, 0) is 32.6 Å². The Hall–Kier alpha value is -1.06. The van der Waals surface area contributed by atoms with E-state index in [1.54, 1.807) is 13.8 Å². The van der Waals surface area contributed by atoms with Gasteiger partial charge in [-0.3, -0.25) is 9.59 Å². The second-order valence-electron chi connectivity index (χ2n) is 4.88. The van der Waals surface area contributed by atoms with E-state index in [4.69, 9.17) is 9.47 Å². The number of rotatable bonds is 7. The Balaban J connectivity index is 2.86. The molecule has 0 aliphatic heterocycles. The highest BCUT2D eigenvalue weighted by atomic mass is 16.6. The highest BCUT2D eigenvalue weighted by molar-refractivity contribution is 6.00. The van der Waals surface area contributed by atoms with Crippen molar-refractivity contribution in [3.63, 3.8) is 0 Å². The summed E-state index contributed by atoms with van der Waals surface area (Å²) in [6, 6.07) is 0. The molecule has 1 aliphatic carbocycles. The molecule has 0 unspecified atom stereocenters. The van der Waals surface area contributed by atoms with Crippen LogP contribution in [0.5, 0.6) is 0 Å². The molecule has 0 N–H and O–H groups in total. The zero-order chi connectivity index (χ0) is 13.6.